The number of pyridine rings is 1. The first kappa shape index (κ1) is 12.8. The molecule has 0 spiro atoms. The molecule has 0 saturated heterocycles. The molecule has 6 heteroatoms. The average Bonchev–Trinajstić information content (AvgIpc) is 2.78. The molecule has 18 heavy (non-hydrogen) atoms. The van der Waals surface area contributed by atoms with Gasteiger partial charge in [0.15, 0.2) is 11.6 Å². The smallest absolute Gasteiger partial charge is 0.338 e. The zero-order valence-electron chi connectivity index (χ0n) is 9.77. The van der Waals surface area contributed by atoms with Crippen LogP contribution in [0.5, 0.6) is 0 Å². The van der Waals surface area contributed by atoms with E-state index in [1.165, 1.54) is 6.20 Å². The number of carboxylic acids is 1. The minimum absolute atomic E-state index is 0.0396. The van der Waals surface area contributed by atoms with Crippen molar-refractivity contribution in [2.24, 2.45) is 5.92 Å². The van der Waals surface area contributed by atoms with E-state index in [9.17, 15) is 14.3 Å². The number of carbonyl (C=O) groups is 1. The maximum Gasteiger partial charge on any atom is 0.338 e. The summed E-state index contributed by atoms with van der Waals surface area (Å²) < 4.78 is 13.8. The summed E-state index contributed by atoms with van der Waals surface area (Å²) in [4.78, 5) is 14.6. The number of aliphatic hydroxyl groups is 1. The monoisotopic (exact) mass is 254 g/mol. The van der Waals surface area contributed by atoms with Crippen LogP contribution in [0.1, 0.15) is 29.6 Å². The zero-order chi connectivity index (χ0) is 13.1. The summed E-state index contributed by atoms with van der Waals surface area (Å²) in [6.45, 7) is 0.0396. The van der Waals surface area contributed by atoms with E-state index in [1.54, 1.807) is 0 Å². The van der Waals surface area contributed by atoms with Gasteiger partial charge in [0.25, 0.3) is 0 Å². The maximum atomic E-state index is 13.8. The second-order valence-corrected chi connectivity index (χ2v) is 4.45. The first-order valence-corrected chi connectivity index (χ1v) is 5.88. The molecular formula is C12H15FN2O3. The van der Waals surface area contributed by atoms with Crippen LogP contribution in [-0.4, -0.2) is 33.8 Å². The number of aliphatic hydroxyl groups excluding tert-OH is 1. The van der Waals surface area contributed by atoms with Crippen LogP contribution in [0.2, 0.25) is 0 Å². The summed E-state index contributed by atoms with van der Waals surface area (Å²) in [6, 6.07) is 1.07. The molecule has 1 fully saturated rings. The van der Waals surface area contributed by atoms with E-state index in [0.29, 0.717) is 0 Å². The maximum absolute atomic E-state index is 13.8. The van der Waals surface area contributed by atoms with Crippen LogP contribution in [0, 0.1) is 11.7 Å². The molecule has 1 aromatic rings. The van der Waals surface area contributed by atoms with Gasteiger partial charge in [0.2, 0.25) is 0 Å². The molecule has 0 bridgehead atoms. The lowest BCUT2D eigenvalue weighted by atomic mass is 10.1. The van der Waals surface area contributed by atoms with Crippen LogP contribution in [-0.2, 0) is 0 Å². The van der Waals surface area contributed by atoms with Crippen LogP contribution < -0.4 is 5.32 Å². The number of rotatable bonds is 4. The van der Waals surface area contributed by atoms with Crippen molar-refractivity contribution in [3.05, 3.63) is 23.6 Å². The lowest BCUT2D eigenvalue weighted by molar-refractivity contribution is 0.0691. The summed E-state index contributed by atoms with van der Waals surface area (Å²) in [7, 11) is 0. The van der Waals surface area contributed by atoms with Crippen molar-refractivity contribution in [3.63, 3.8) is 0 Å². The highest BCUT2D eigenvalue weighted by Gasteiger charge is 2.28. The van der Waals surface area contributed by atoms with E-state index < -0.39 is 17.3 Å². The Morgan fingerprint density at radius 3 is 3.00 bits per heavy atom. The second-order valence-electron chi connectivity index (χ2n) is 4.45. The summed E-state index contributed by atoms with van der Waals surface area (Å²) in [6.07, 6.45) is 3.93. The van der Waals surface area contributed by atoms with Crippen LogP contribution in [0.4, 0.5) is 10.2 Å². The molecule has 3 N–H and O–H groups in total. The highest BCUT2D eigenvalue weighted by Crippen LogP contribution is 2.28. The number of aromatic carboxylic acids is 1. The Hall–Kier alpha value is -1.69. The summed E-state index contributed by atoms with van der Waals surface area (Å²) >= 11 is 0. The third-order valence-corrected chi connectivity index (χ3v) is 3.34. The average molecular weight is 254 g/mol. The standard InChI is InChI=1S/C12H15FN2O3/c13-10-8(12(17)18)4-5-14-11(10)15-9-3-1-2-7(9)6-16/h4-5,7,9,16H,1-3,6H2,(H,14,15)(H,17,18). The number of nitrogens with zero attached hydrogens (tertiary/aromatic N) is 1. The fourth-order valence-corrected chi connectivity index (χ4v) is 2.33. The van der Waals surface area contributed by atoms with Gasteiger partial charge in [-0.3, -0.25) is 0 Å². The van der Waals surface area contributed by atoms with Gasteiger partial charge in [-0.05, 0) is 18.9 Å². The van der Waals surface area contributed by atoms with E-state index in [0.717, 1.165) is 25.3 Å². The van der Waals surface area contributed by atoms with Crippen molar-refractivity contribution in [1.82, 2.24) is 4.98 Å². The number of carboxylic acid groups (broad SMARTS) is 1. The molecule has 1 heterocycles. The Labute approximate surface area is 104 Å². The number of anilines is 1. The third kappa shape index (κ3) is 2.43. The minimum Gasteiger partial charge on any atom is -0.478 e. The molecule has 1 saturated carbocycles. The predicted molar refractivity (Wildman–Crippen MR) is 63.0 cm³/mol. The van der Waals surface area contributed by atoms with Crippen molar-refractivity contribution >= 4 is 11.8 Å². The van der Waals surface area contributed by atoms with E-state index in [2.05, 4.69) is 10.3 Å². The first-order valence-electron chi connectivity index (χ1n) is 5.88. The number of hydrogen-bond donors (Lipinski definition) is 3. The van der Waals surface area contributed by atoms with Gasteiger partial charge >= 0.3 is 5.97 Å². The van der Waals surface area contributed by atoms with Crippen molar-refractivity contribution in [2.45, 2.75) is 25.3 Å². The van der Waals surface area contributed by atoms with Crippen molar-refractivity contribution < 1.29 is 19.4 Å². The molecule has 0 aliphatic heterocycles. The lowest BCUT2D eigenvalue weighted by Gasteiger charge is -2.20. The molecule has 0 amide bonds. The van der Waals surface area contributed by atoms with Crippen LogP contribution in [0.3, 0.4) is 0 Å². The highest BCUT2D eigenvalue weighted by atomic mass is 19.1. The summed E-state index contributed by atoms with van der Waals surface area (Å²) in [5.74, 6) is -2.16. The number of halogens is 1. The van der Waals surface area contributed by atoms with Gasteiger partial charge in [0, 0.05) is 24.8 Å². The molecule has 5 nitrogen and oxygen atoms in total. The number of nitrogens with one attached hydrogen (secondary N) is 1. The molecule has 0 aromatic carbocycles. The van der Waals surface area contributed by atoms with Gasteiger partial charge in [-0.25, -0.2) is 14.2 Å². The molecule has 98 valence electrons. The largest absolute Gasteiger partial charge is 0.478 e. The fourth-order valence-electron chi connectivity index (χ4n) is 2.33. The molecule has 1 aliphatic carbocycles. The van der Waals surface area contributed by atoms with Gasteiger partial charge in [-0.1, -0.05) is 6.42 Å². The van der Waals surface area contributed by atoms with Gasteiger partial charge in [-0.15, -0.1) is 0 Å². The topological polar surface area (TPSA) is 82.5 Å². The van der Waals surface area contributed by atoms with Gasteiger partial charge in [-0.2, -0.15) is 0 Å². The quantitative estimate of drug-likeness (QED) is 0.758. The Morgan fingerprint density at radius 2 is 2.33 bits per heavy atom. The Balaban J connectivity index is 2.19. The molecule has 2 atom stereocenters. The highest BCUT2D eigenvalue weighted by molar-refractivity contribution is 5.88. The molecule has 1 aliphatic rings. The SMILES string of the molecule is O=C(O)c1ccnc(NC2CCCC2CO)c1F. The van der Waals surface area contributed by atoms with Crippen molar-refractivity contribution in [1.29, 1.82) is 0 Å². The van der Waals surface area contributed by atoms with E-state index >= 15 is 0 Å². The zero-order valence-corrected chi connectivity index (χ0v) is 9.77. The molecule has 2 rings (SSSR count). The van der Waals surface area contributed by atoms with Crippen molar-refractivity contribution in [2.75, 3.05) is 11.9 Å². The Morgan fingerprint density at radius 1 is 1.56 bits per heavy atom. The normalized spacial score (nSPS) is 23.0. The van der Waals surface area contributed by atoms with Crippen LogP contribution in [0.15, 0.2) is 12.3 Å². The Bertz CT molecular complexity index is 453. The third-order valence-electron chi connectivity index (χ3n) is 3.34. The Kier molecular flexibility index (Phi) is 3.76. The van der Waals surface area contributed by atoms with E-state index in [1.807, 2.05) is 0 Å². The van der Waals surface area contributed by atoms with Gasteiger partial charge in [0.1, 0.15) is 5.56 Å². The number of aromatic nitrogens is 1. The molecule has 0 radical (unpaired) electrons. The number of hydrogen-bond acceptors (Lipinski definition) is 4. The molecule has 2 unspecified atom stereocenters. The first-order chi connectivity index (χ1) is 8.63. The van der Waals surface area contributed by atoms with Gasteiger partial charge in [0.05, 0.1) is 0 Å². The second kappa shape index (κ2) is 5.30. The predicted octanol–water partition coefficient (Wildman–Crippen LogP) is 1.49. The van der Waals surface area contributed by atoms with E-state index in [-0.39, 0.29) is 24.4 Å². The molecular weight excluding hydrogens is 239 g/mol. The fraction of sp³-hybridized carbons (Fsp3) is 0.500. The summed E-state index contributed by atoms with van der Waals surface area (Å²) in [5.41, 5.74) is -0.397. The van der Waals surface area contributed by atoms with Crippen LogP contribution in [0.25, 0.3) is 0 Å². The lowest BCUT2D eigenvalue weighted by Crippen LogP contribution is -2.27. The van der Waals surface area contributed by atoms with Crippen LogP contribution >= 0.6 is 0 Å². The molecule has 1 aromatic heterocycles. The van der Waals surface area contributed by atoms with Crippen molar-refractivity contribution in [3.8, 4) is 0 Å². The summed E-state index contributed by atoms with van der Waals surface area (Å²) in [5, 5.41) is 20.9. The van der Waals surface area contributed by atoms with Gasteiger partial charge < -0.3 is 15.5 Å². The van der Waals surface area contributed by atoms with E-state index in [4.69, 9.17) is 5.11 Å². The minimum atomic E-state index is -1.32.